The molecule has 0 aliphatic carbocycles. The fourth-order valence-corrected chi connectivity index (χ4v) is 2.26. The molecule has 2 aromatic rings. The fourth-order valence-electron chi connectivity index (χ4n) is 2.09. The van der Waals surface area contributed by atoms with Gasteiger partial charge in [-0.15, -0.1) is 11.6 Å². The fraction of sp³-hybridized carbons (Fsp3) is 0.176. The lowest BCUT2D eigenvalue weighted by Crippen LogP contribution is -2.07. The summed E-state index contributed by atoms with van der Waals surface area (Å²) in [4.78, 5) is 0. The highest BCUT2D eigenvalue weighted by Crippen LogP contribution is 2.34. The number of hydrogen-bond acceptors (Lipinski definition) is 1. The van der Waals surface area contributed by atoms with Gasteiger partial charge in [0.25, 0.3) is 0 Å². The molecule has 0 radical (unpaired) electrons. The summed E-state index contributed by atoms with van der Waals surface area (Å²) >= 11 is 5.69. The molecule has 0 saturated carbocycles. The van der Waals surface area contributed by atoms with Crippen molar-refractivity contribution in [3.05, 3.63) is 64.2 Å². The van der Waals surface area contributed by atoms with E-state index in [0.29, 0.717) is 16.7 Å². The maximum Gasteiger partial charge on any atom is 0.416 e. The number of halogens is 4. The molecule has 0 atom stereocenters. The molecule has 0 amide bonds. The second-order valence-electron chi connectivity index (χ2n) is 4.88. The Bertz CT molecular complexity index is 706. The van der Waals surface area contributed by atoms with Crippen molar-refractivity contribution in [2.75, 3.05) is 0 Å². The first-order valence-corrected chi connectivity index (χ1v) is 7.09. The summed E-state index contributed by atoms with van der Waals surface area (Å²) in [5, 5.41) is 9.63. The Morgan fingerprint density at radius 2 is 1.77 bits per heavy atom. The predicted octanol–water partition coefficient (Wildman–Crippen LogP) is 5.63. The minimum Gasteiger partial charge on any atom is -0.508 e. The van der Waals surface area contributed by atoms with E-state index in [0.717, 1.165) is 6.07 Å². The summed E-state index contributed by atoms with van der Waals surface area (Å²) in [6.07, 6.45) is -1.49. The van der Waals surface area contributed by atoms with Gasteiger partial charge < -0.3 is 5.11 Å². The molecule has 1 nitrogen and oxygen atoms in total. The molecule has 0 spiro atoms. The summed E-state index contributed by atoms with van der Waals surface area (Å²) < 4.78 is 39.1. The average molecular weight is 327 g/mol. The number of phenolic OH excluding ortho intramolecular Hbond substituents is 1. The van der Waals surface area contributed by atoms with E-state index in [2.05, 4.69) is 0 Å². The number of hydrogen-bond donors (Lipinski definition) is 1. The van der Waals surface area contributed by atoms with E-state index in [1.165, 1.54) is 24.3 Å². The average Bonchev–Trinajstić information content (AvgIpc) is 2.47. The number of alkyl halides is 4. The van der Waals surface area contributed by atoms with E-state index in [4.69, 9.17) is 11.6 Å². The van der Waals surface area contributed by atoms with Crippen molar-refractivity contribution in [2.45, 2.75) is 19.0 Å². The normalized spacial score (nSPS) is 12.0. The zero-order chi connectivity index (χ0) is 16.3. The van der Waals surface area contributed by atoms with Gasteiger partial charge in [-0.05, 0) is 47.4 Å². The molecule has 116 valence electrons. The van der Waals surface area contributed by atoms with Crippen molar-refractivity contribution >= 4 is 23.8 Å². The van der Waals surface area contributed by atoms with Crippen molar-refractivity contribution in [3.63, 3.8) is 0 Å². The van der Waals surface area contributed by atoms with Gasteiger partial charge in [-0.3, -0.25) is 0 Å². The largest absolute Gasteiger partial charge is 0.508 e. The van der Waals surface area contributed by atoms with Gasteiger partial charge in [-0.25, -0.2) is 0 Å². The number of rotatable bonds is 3. The minimum atomic E-state index is -4.43. The van der Waals surface area contributed by atoms with Crippen molar-refractivity contribution in [3.8, 4) is 5.75 Å². The SMILES string of the molecule is Cc1c(O)cccc1/C=C/c1cc(CCl)ccc1C(F)(F)F. The van der Waals surface area contributed by atoms with Crippen LogP contribution in [-0.4, -0.2) is 5.11 Å². The zero-order valence-corrected chi connectivity index (χ0v) is 12.5. The van der Waals surface area contributed by atoms with Gasteiger partial charge in [-0.1, -0.05) is 30.4 Å². The monoisotopic (exact) mass is 326 g/mol. The molecule has 0 aliphatic rings. The Labute approximate surface area is 131 Å². The Balaban J connectivity index is 2.47. The summed E-state index contributed by atoms with van der Waals surface area (Å²) in [5.41, 5.74) is 1.22. The van der Waals surface area contributed by atoms with E-state index in [1.807, 2.05) is 0 Å². The molecule has 0 fully saturated rings. The van der Waals surface area contributed by atoms with Crippen molar-refractivity contribution < 1.29 is 18.3 Å². The lowest BCUT2D eigenvalue weighted by molar-refractivity contribution is -0.137. The summed E-state index contributed by atoms with van der Waals surface area (Å²) in [7, 11) is 0. The molecular formula is C17H14ClF3O. The van der Waals surface area contributed by atoms with Crippen molar-refractivity contribution in [1.29, 1.82) is 0 Å². The summed E-state index contributed by atoms with van der Waals surface area (Å²) in [5.74, 6) is 0.247. The van der Waals surface area contributed by atoms with Crippen LogP contribution in [0, 0.1) is 6.92 Å². The van der Waals surface area contributed by atoms with Gasteiger partial charge in [0.1, 0.15) is 5.75 Å². The van der Waals surface area contributed by atoms with E-state index >= 15 is 0 Å². The van der Waals surface area contributed by atoms with Crippen LogP contribution in [0.4, 0.5) is 13.2 Å². The molecule has 0 aromatic heterocycles. The van der Waals surface area contributed by atoms with Crippen LogP contribution in [0.5, 0.6) is 5.75 Å². The van der Waals surface area contributed by atoms with Crippen LogP contribution in [0.2, 0.25) is 0 Å². The molecule has 0 unspecified atom stereocenters. The van der Waals surface area contributed by atoms with Crippen LogP contribution < -0.4 is 0 Å². The number of phenols is 1. The molecule has 0 bridgehead atoms. The molecule has 2 aromatic carbocycles. The van der Waals surface area contributed by atoms with Gasteiger partial charge in [0.05, 0.1) is 5.56 Å². The van der Waals surface area contributed by atoms with Crippen LogP contribution >= 0.6 is 11.6 Å². The first-order chi connectivity index (χ1) is 10.3. The molecule has 0 aliphatic heterocycles. The van der Waals surface area contributed by atoms with E-state index in [1.54, 1.807) is 25.1 Å². The number of benzene rings is 2. The first kappa shape index (κ1) is 16.4. The molecule has 5 heteroatoms. The maximum atomic E-state index is 13.0. The highest BCUT2D eigenvalue weighted by molar-refractivity contribution is 6.17. The van der Waals surface area contributed by atoms with Gasteiger partial charge in [0, 0.05) is 5.88 Å². The topological polar surface area (TPSA) is 20.2 Å². The maximum absolute atomic E-state index is 13.0. The van der Waals surface area contributed by atoms with Crippen LogP contribution in [0.3, 0.4) is 0 Å². The summed E-state index contributed by atoms with van der Waals surface area (Å²) in [6.45, 7) is 1.70. The highest BCUT2D eigenvalue weighted by atomic mass is 35.5. The van der Waals surface area contributed by atoms with Crippen LogP contribution in [-0.2, 0) is 12.1 Å². The van der Waals surface area contributed by atoms with Crippen LogP contribution in [0.15, 0.2) is 36.4 Å². The van der Waals surface area contributed by atoms with Crippen molar-refractivity contribution in [1.82, 2.24) is 0 Å². The third kappa shape index (κ3) is 3.63. The molecule has 2 rings (SSSR count). The summed E-state index contributed by atoms with van der Waals surface area (Å²) in [6, 6.07) is 8.72. The molecular weight excluding hydrogens is 313 g/mol. The standard InChI is InChI=1S/C17H14ClF3O/c1-11-13(3-2-4-16(11)22)6-7-14-9-12(10-18)5-8-15(14)17(19,20)21/h2-9,22H,10H2,1H3/b7-6+. The number of aromatic hydroxyl groups is 1. The van der Waals surface area contributed by atoms with Crippen LogP contribution in [0.25, 0.3) is 12.2 Å². The Morgan fingerprint density at radius 1 is 1.09 bits per heavy atom. The second kappa shape index (κ2) is 6.44. The van der Waals surface area contributed by atoms with E-state index in [-0.39, 0.29) is 17.2 Å². The lowest BCUT2D eigenvalue weighted by atomic mass is 10.0. The Kier molecular flexibility index (Phi) is 4.81. The third-order valence-electron chi connectivity index (χ3n) is 3.37. The Morgan fingerprint density at radius 3 is 2.41 bits per heavy atom. The smallest absolute Gasteiger partial charge is 0.416 e. The zero-order valence-electron chi connectivity index (χ0n) is 11.8. The van der Waals surface area contributed by atoms with Gasteiger partial charge in [-0.2, -0.15) is 13.2 Å². The molecule has 0 heterocycles. The second-order valence-corrected chi connectivity index (χ2v) is 5.14. The first-order valence-electron chi connectivity index (χ1n) is 6.55. The molecule has 22 heavy (non-hydrogen) atoms. The van der Waals surface area contributed by atoms with Crippen molar-refractivity contribution in [2.24, 2.45) is 0 Å². The predicted molar refractivity (Wildman–Crippen MR) is 82.8 cm³/mol. The van der Waals surface area contributed by atoms with E-state index in [9.17, 15) is 18.3 Å². The minimum absolute atomic E-state index is 0.0494. The lowest BCUT2D eigenvalue weighted by Gasteiger charge is -2.11. The molecule has 1 N–H and O–H groups in total. The molecule has 0 saturated heterocycles. The Hall–Kier alpha value is -1.94. The van der Waals surface area contributed by atoms with Gasteiger partial charge >= 0.3 is 6.18 Å². The highest BCUT2D eigenvalue weighted by Gasteiger charge is 2.32. The third-order valence-corrected chi connectivity index (χ3v) is 3.67. The van der Waals surface area contributed by atoms with Gasteiger partial charge in [0.15, 0.2) is 0 Å². The van der Waals surface area contributed by atoms with Crippen LogP contribution in [0.1, 0.15) is 27.8 Å². The van der Waals surface area contributed by atoms with Gasteiger partial charge in [0.2, 0.25) is 0 Å². The quantitative estimate of drug-likeness (QED) is 0.572. The van der Waals surface area contributed by atoms with E-state index < -0.39 is 11.7 Å².